The fourth-order valence-electron chi connectivity index (χ4n) is 4.16. The van der Waals surface area contributed by atoms with Crippen molar-refractivity contribution in [2.45, 2.75) is 52.4 Å². The van der Waals surface area contributed by atoms with Crippen LogP contribution in [0.3, 0.4) is 0 Å². The molecule has 0 radical (unpaired) electrons. The van der Waals surface area contributed by atoms with Crippen molar-refractivity contribution in [2.75, 3.05) is 13.1 Å². The first kappa shape index (κ1) is 24.9. The number of nitrogens with two attached hydrogens (primary N) is 1. The summed E-state index contributed by atoms with van der Waals surface area (Å²) in [5, 5.41) is 9.83. The lowest BCUT2D eigenvalue weighted by atomic mass is 9.91. The predicted molar refractivity (Wildman–Crippen MR) is 133 cm³/mol. The molecule has 178 valence electrons. The van der Waals surface area contributed by atoms with E-state index in [-0.39, 0.29) is 18.7 Å². The van der Waals surface area contributed by atoms with Crippen molar-refractivity contribution in [3.8, 4) is 0 Å². The highest BCUT2D eigenvalue weighted by Crippen LogP contribution is 2.34. The van der Waals surface area contributed by atoms with Gasteiger partial charge in [-0.3, -0.25) is 9.59 Å². The molecule has 0 bridgehead atoms. The van der Waals surface area contributed by atoms with Crippen LogP contribution >= 0.6 is 0 Å². The first-order valence-electron chi connectivity index (χ1n) is 11.6. The van der Waals surface area contributed by atoms with E-state index in [1.807, 2.05) is 41.3 Å². The summed E-state index contributed by atoms with van der Waals surface area (Å²) in [6.45, 7) is 5.50. The van der Waals surface area contributed by atoms with Crippen LogP contribution in [-0.4, -0.2) is 35.6 Å². The zero-order valence-electron chi connectivity index (χ0n) is 19.7. The van der Waals surface area contributed by atoms with Crippen LogP contribution in [0.25, 0.3) is 11.6 Å². The maximum absolute atomic E-state index is 13.3. The average Bonchev–Trinajstić information content (AvgIpc) is 3.02. The molecule has 1 aliphatic heterocycles. The van der Waals surface area contributed by atoms with Gasteiger partial charge in [0.2, 0.25) is 5.91 Å². The van der Waals surface area contributed by atoms with Crippen molar-refractivity contribution >= 4 is 35.0 Å². The van der Waals surface area contributed by atoms with E-state index in [2.05, 4.69) is 34.4 Å². The number of rotatable bonds is 8. The highest BCUT2D eigenvalue weighted by atomic mass is 16.3. The lowest BCUT2D eigenvalue weighted by Crippen LogP contribution is -2.34. The Kier molecular flexibility index (Phi) is 8.73. The number of carbonyl (C=O) groups excluding carboxylic acids is 2. The van der Waals surface area contributed by atoms with Gasteiger partial charge in [-0.2, -0.15) is 0 Å². The van der Waals surface area contributed by atoms with Crippen LogP contribution in [0, 0.1) is 4.91 Å². The Morgan fingerprint density at radius 3 is 2.50 bits per heavy atom. The number of fused-ring (bicyclic) bond motifs is 1. The minimum absolute atomic E-state index is 0.0208. The minimum Gasteiger partial charge on any atom is -0.339 e. The molecule has 2 amide bonds. The van der Waals surface area contributed by atoms with Gasteiger partial charge in [0.15, 0.2) is 5.84 Å². The fourth-order valence-corrected chi connectivity index (χ4v) is 4.16. The number of amides is 2. The summed E-state index contributed by atoms with van der Waals surface area (Å²) < 4.78 is 0. The molecule has 0 atom stereocenters. The van der Waals surface area contributed by atoms with E-state index in [9.17, 15) is 14.5 Å². The molecule has 0 saturated carbocycles. The molecule has 9 heteroatoms. The molecule has 3 rings (SSSR count). The number of nitroso groups, excluding NO2 is 1. The first-order chi connectivity index (χ1) is 16.5. The van der Waals surface area contributed by atoms with E-state index in [4.69, 9.17) is 5.84 Å². The third-order valence-electron chi connectivity index (χ3n) is 5.77. The topological polar surface area (TPSA) is 130 Å². The number of benzene rings is 1. The van der Waals surface area contributed by atoms with Crippen molar-refractivity contribution in [1.29, 1.82) is 0 Å². The second kappa shape index (κ2) is 11.9. The smallest absolute Gasteiger partial charge is 0.290 e. The van der Waals surface area contributed by atoms with Gasteiger partial charge in [0.1, 0.15) is 0 Å². The molecule has 0 spiro atoms. The van der Waals surface area contributed by atoms with Gasteiger partial charge in [0.05, 0.1) is 12.1 Å². The van der Waals surface area contributed by atoms with Gasteiger partial charge in [-0.15, -0.1) is 10.0 Å². The standard InChI is InChI=1S/C25H30N6O3/c1-3-11-31(12-4-2)25(33)21-14-20-10-9-19(15-22(20)27-23(16-21)28-30-26)18-7-5-17(6-8-18)13-24(32)29-34/h5,7,9-10,14-15H,3-4,6,8,11-13,16H2,1-2H3,(H2,26,27,28). The van der Waals surface area contributed by atoms with E-state index in [1.165, 1.54) is 0 Å². The normalized spacial score (nSPS) is 15.5. The summed E-state index contributed by atoms with van der Waals surface area (Å²) >= 11 is 0. The number of amidine groups is 1. The van der Waals surface area contributed by atoms with Crippen molar-refractivity contribution in [3.63, 3.8) is 0 Å². The van der Waals surface area contributed by atoms with Crippen molar-refractivity contribution in [3.05, 3.63) is 57.5 Å². The summed E-state index contributed by atoms with van der Waals surface area (Å²) in [5.74, 6) is 5.01. The second-order valence-corrected chi connectivity index (χ2v) is 8.33. The number of hydrogen-bond acceptors (Lipinski definition) is 6. The maximum Gasteiger partial charge on any atom is 0.290 e. The van der Waals surface area contributed by atoms with Crippen LogP contribution in [-0.2, 0) is 9.59 Å². The monoisotopic (exact) mass is 462 g/mol. The van der Waals surface area contributed by atoms with Gasteiger partial charge in [-0.05, 0) is 49.0 Å². The van der Waals surface area contributed by atoms with Crippen molar-refractivity contribution in [1.82, 2.24) is 4.90 Å². The maximum atomic E-state index is 13.3. The van der Waals surface area contributed by atoms with Crippen LogP contribution in [0.4, 0.5) is 5.69 Å². The molecule has 9 nitrogen and oxygen atoms in total. The second-order valence-electron chi connectivity index (χ2n) is 8.33. The molecule has 2 aliphatic rings. The fraction of sp³-hybridized carbons (Fsp3) is 0.400. The molecule has 0 saturated heterocycles. The number of allylic oxidation sites excluding steroid dienone is 3. The van der Waals surface area contributed by atoms with Gasteiger partial charge < -0.3 is 10.7 Å². The SMILES string of the molecule is CCCN(CCC)C(=O)C1=Cc2ccc(C3=CC=C(CC(=O)N=O)CC3)cc2N=C(N=NN)C1. The van der Waals surface area contributed by atoms with Gasteiger partial charge in [0.25, 0.3) is 5.91 Å². The molecule has 1 aliphatic carbocycles. The largest absolute Gasteiger partial charge is 0.339 e. The van der Waals surface area contributed by atoms with Crippen molar-refractivity contribution < 1.29 is 9.59 Å². The van der Waals surface area contributed by atoms with Gasteiger partial charge in [-0.1, -0.05) is 48.9 Å². The molecule has 34 heavy (non-hydrogen) atoms. The van der Waals surface area contributed by atoms with E-state index in [1.54, 1.807) is 0 Å². The molecule has 1 heterocycles. The Morgan fingerprint density at radius 1 is 1.12 bits per heavy atom. The quantitative estimate of drug-likeness (QED) is 0.244. The zero-order chi connectivity index (χ0) is 24.5. The Bertz CT molecular complexity index is 1110. The van der Waals surface area contributed by atoms with Crippen LogP contribution in [0.15, 0.2) is 62.0 Å². The van der Waals surface area contributed by atoms with E-state index < -0.39 is 5.91 Å². The third-order valence-corrected chi connectivity index (χ3v) is 5.77. The lowest BCUT2D eigenvalue weighted by Gasteiger charge is -2.22. The Labute approximate surface area is 199 Å². The highest BCUT2D eigenvalue weighted by molar-refractivity contribution is 6.06. The van der Waals surface area contributed by atoms with E-state index in [0.29, 0.717) is 36.6 Å². The predicted octanol–water partition coefficient (Wildman–Crippen LogP) is 5.26. The number of hydrogen-bond donors (Lipinski definition) is 1. The lowest BCUT2D eigenvalue weighted by molar-refractivity contribution is -0.127. The zero-order valence-corrected chi connectivity index (χ0v) is 19.7. The van der Waals surface area contributed by atoms with Crippen LogP contribution in [0.5, 0.6) is 0 Å². The minimum atomic E-state index is -0.655. The van der Waals surface area contributed by atoms with Gasteiger partial charge in [-0.25, -0.2) is 4.99 Å². The first-order valence-corrected chi connectivity index (χ1v) is 11.6. The Morgan fingerprint density at radius 2 is 1.88 bits per heavy atom. The summed E-state index contributed by atoms with van der Waals surface area (Å²) in [6, 6.07) is 5.92. The molecule has 0 aromatic heterocycles. The van der Waals surface area contributed by atoms with Crippen LogP contribution in [0.1, 0.15) is 63.5 Å². The molecular weight excluding hydrogens is 432 g/mol. The van der Waals surface area contributed by atoms with Gasteiger partial charge >= 0.3 is 0 Å². The van der Waals surface area contributed by atoms with Crippen LogP contribution < -0.4 is 5.84 Å². The molecule has 2 N–H and O–H groups in total. The van der Waals surface area contributed by atoms with E-state index >= 15 is 0 Å². The molecule has 0 fully saturated rings. The number of nitrogens with zero attached hydrogens (tertiary/aromatic N) is 5. The molecule has 1 aromatic carbocycles. The van der Waals surface area contributed by atoms with Crippen LogP contribution in [0.2, 0.25) is 0 Å². The molecular formula is C25H30N6O3. The summed E-state index contributed by atoms with van der Waals surface area (Å²) in [7, 11) is 0. The van der Waals surface area contributed by atoms with Crippen molar-refractivity contribution in [2.24, 2.45) is 26.3 Å². The third kappa shape index (κ3) is 6.18. The Balaban J connectivity index is 1.94. The Hall–Kier alpha value is -3.75. The number of aliphatic imine (C=N–C) groups is 1. The summed E-state index contributed by atoms with van der Waals surface area (Å²) in [4.78, 5) is 41.4. The average molecular weight is 463 g/mol. The van der Waals surface area contributed by atoms with Gasteiger partial charge in [0, 0.05) is 35.8 Å². The molecule has 0 unspecified atom stereocenters. The highest BCUT2D eigenvalue weighted by Gasteiger charge is 2.22. The summed E-state index contributed by atoms with van der Waals surface area (Å²) in [5.41, 5.74) is 5.10. The number of carbonyl (C=O) groups is 2. The summed E-state index contributed by atoms with van der Waals surface area (Å²) in [6.07, 6.45) is 9.21. The van der Waals surface area contributed by atoms with E-state index in [0.717, 1.165) is 41.5 Å². The molecule has 1 aromatic rings.